The van der Waals surface area contributed by atoms with Crippen LogP contribution in [-0.4, -0.2) is 34.5 Å². The highest BCUT2D eigenvalue weighted by atomic mass is 19.1. The maximum Gasteiger partial charge on any atom is 0.330 e. The number of amides is 2. The van der Waals surface area contributed by atoms with Crippen LogP contribution in [0, 0.1) is 11.7 Å². The molecule has 1 aromatic carbocycles. The zero-order valence-corrected chi connectivity index (χ0v) is 18.3. The molecule has 2 heterocycles. The number of nitrogens with zero attached hydrogens (tertiary/aromatic N) is 3. The Kier molecular flexibility index (Phi) is 7.12. The molecule has 0 radical (unpaired) electrons. The van der Waals surface area contributed by atoms with Crippen molar-refractivity contribution in [2.24, 2.45) is 5.92 Å². The Morgan fingerprint density at radius 1 is 1.22 bits per heavy atom. The molecule has 2 amide bonds. The van der Waals surface area contributed by atoms with Gasteiger partial charge < -0.3 is 15.5 Å². The van der Waals surface area contributed by atoms with Crippen LogP contribution in [0.3, 0.4) is 0 Å². The molecule has 1 fully saturated rings. The van der Waals surface area contributed by atoms with Crippen molar-refractivity contribution in [1.29, 1.82) is 0 Å². The molecule has 0 aliphatic carbocycles. The van der Waals surface area contributed by atoms with E-state index >= 15 is 0 Å². The summed E-state index contributed by atoms with van der Waals surface area (Å²) in [6.07, 6.45) is 1.84. The molecule has 1 aliphatic rings. The normalized spacial score (nSPS) is 15.9. The molecule has 3 rings (SSSR count). The number of unbranched alkanes of at least 4 members (excludes halogenated alkanes) is 1. The van der Waals surface area contributed by atoms with Gasteiger partial charge in [-0.3, -0.25) is 23.9 Å². The van der Waals surface area contributed by atoms with Crippen LogP contribution in [0.4, 0.5) is 21.6 Å². The van der Waals surface area contributed by atoms with Gasteiger partial charge in [-0.1, -0.05) is 32.4 Å². The molecule has 172 valence electrons. The fraction of sp³-hybridized carbons (Fsp3) is 0.455. The molecule has 1 atom stereocenters. The highest BCUT2D eigenvalue weighted by Gasteiger charge is 2.39. The van der Waals surface area contributed by atoms with Gasteiger partial charge in [0.05, 0.1) is 11.6 Å². The van der Waals surface area contributed by atoms with Gasteiger partial charge in [-0.2, -0.15) is 0 Å². The van der Waals surface area contributed by atoms with Gasteiger partial charge in [-0.15, -0.1) is 0 Å². The first-order valence-electron chi connectivity index (χ1n) is 10.8. The van der Waals surface area contributed by atoms with E-state index in [0.717, 1.165) is 6.42 Å². The minimum atomic E-state index is -0.774. The van der Waals surface area contributed by atoms with Crippen LogP contribution in [0.1, 0.15) is 39.5 Å². The van der Waals surface area contributed by atoms with Crippen molar-refractivity contribution in [2.75, 3.05) is 28.6 Å². The molecule has 1 aromatic heterocycles. The summed E-state index contributed by atoms with van der Waals surface area (Å²) in [6, 6.07) is 5.88. The maximum atomic E-state index is 14.2. The predicted molar refractivity (Wildman–Crippen MR) is 120 cm³/mol. The predicted octanol–water partition coefficient (Wildman–Crippen LogP) is 1.85. The van der Waals surface area contributed by atoms with E-state index in [0.29, 0.717) is 12.8 Å². The molecule has 0 bridgehead atoms. The molecule has 9 nitrogen and oxygen atoms in total. The Bertz CT molecular complexity index is 1130. The third-order valence-corrected chi connectivity index (χ3v) is 5.55. The molecule has 0 spiro atoms. The van der Waals surface area contributed by atoms with Crippen LogP contribution in [0.5, 0.6) is 0 Å². The summed E-state index contributed by atoms with van der Waals surface area (Å²) in [5.74, 6) is -2.24. The molecule has 1 saturated heterocycles. The summed E-state index contributed by atoms with van der Waals surface area (Å²) in [5, 5.41) is 0. The van der Waals surface area contributed by atoms with Gasteiger partial charge in [0.15, 0.2) is 5.69 Å². The Balaban J connectivity index is 1.97. The van der Waals surface area contributed by atoms with Crippen LogP contribution in [0.2, 0.25) is 0 Å². The number of H-pyrrole nitrogens is 1. The van der Waals surface area contributed by atoms with E-state index in [1.165, 1.54) is 32.6 Å². The van der Waals surface area contributed by atoms with E-state index in [2.05, 4.69) is 4.98 Å². The lowest BCUT2D eigenvalue weighted by molar-refractivity contribution is -0.124. The third-order valence-electron chi connectivity index (χ3n) is 5.55. The third kappa shape index (κ3) is 4.44. The average molecular weight is 445 g/mol. The van der Waals surface area contributed by atoms with E-state index in [1.807, 2.05) is 13.8 Å². The summed E-state index contributed by atoms with van der Waals surface area (Å²) in [7, 11) is 0. The van der Waals surface area contributed by atoms with Crippen molar-refractivity contribution in [3.8, 4) is 0 Å². The monoisotopic (exact) mass is 445 g/mol. The molecular formula is C22H28FN5O4. The van der Waals surface area contributed by atoms with E-state index < -0.39 is 28.9 Å². The van der Waals surface area contributed by atoms with Crippen LogP contribution >= 0.6 is 0 Å². The SMILES string of the molecule is CCCCN(C(=O)[C@H]1CC(=O)N(c2ccccc2F)C1)c1c(N)n(CCC)c(=O)[nH]c1=O. The number of para-hydroxylation sites is 1. The number of carbonyl (C=O) groups is 2. The van der Waals surface area contributed by atoms with Crippen molar-refractivity contribution in [3.63, 3.8) is 0 Å². The number of benzene rings is 1. The van der Waals surface area contributed by atoms with Gasteiger partial charge in [0.25, 0.3) is 5.56 Å². The van der Waals surface area contributed by atoms with Gasteiger partial charge in [0.1, 0.15) is 11.6 Å². The van der Waals surface area contributed by atoms with Gasteiger partial charge in [0, 0.05) is 26.1 Å². The second-order valence-corrected chi connectivity index (χ2v) is 7.84. The lowest BCUT2D eigenvalue weighted by Crippen LogP contribution is -2.44. The van der Waals surface area contributed by atoms with Crippen molar-refractivity contribution < 1.29 is 14.0 Å². The van der Waals surface area contributed by atoms with Crippen LogP contribution in [-0.2, 0) is 16.1 Å². The lowest BCUT2D eigenvalue weighted by Gasteiger charge is -2.27. The lowest BCUT2D eigenvalue weighted by atomic mass is 10.1. The molecule has 0 saturated carbocycles. The summed E-state index contributed by atoms with van der Waals surface area (Å²) in [4.78, 5) is 55.7. The van der Waals surface area contributed by atoms with Gasteiger partial charge in [0.2, 0.25) is 11.8 Å². The van der Waals surface area contributed by atoms with Crippen molar-refractivity contribution in [3.05, 3.63) is 50.9 Å². The van der Waals surface area contributed by atoms with Crippen LogP contribution in [0.15, 0.2) is 33.9 Å². The minimum Gasteiger partial charge on any atom is -0.383 e. The fourth-order valence-corrected chi connectivity index (χ4v) is 3.93. The zero-order valence-electron chi connectivity index (χ0n) is 18.3. The minimum absolute atomic E-state index is 0.00632. The number of hydrogen-bond acceptors (Lipinski definition) is 5. The molecule has 3 N–H and O–H groups in total. The quantitative estimate of drug-likeness (QED) is 0.642. The first-order valence-corrected chi connectivity index (χ1v) is 10.8. The van der Waals surface area contributed by atoms with Crippen molar-refractivity contribution in [2.45, 2.75) is 46.1 Å². The number of anilines is 3. The Labute approximate surface area is 184 Å². The largest absolute Gasteiger partial charge is 0.383 e. The molecule has 10 heteroatoms. The average Bonchev–Trinajstić information content (AvgIpc) is 3.14. The second-order valence-electron chi connectivity index (χ2n) is 7.84. The van der Waals surface area contributed by atoms with Gasteiger partial charge in [-0.25, -0.2) is 9.18 Å². The van der Waals surface area contributed by atoms with E-state index in [-0.39, 0.29) is 49.2 Å². The fourth-order valence-electron chi connectivity index (χ4n) is 3.93. The number of halogens is 1. The number of rotatable bonds is 8. The summed E-state index contributed by atoms with van der Waals surface area (Å²) in [5.41, 5.74) is 4.80. The second kappa shape index (κ2) is 9.80. The van der Waals surface area contributed by atoms with Crippen LogP contribution < -0.4 is 26.8 Å². The van der Waals surface area contributed by atoms with E-state index in [9.17, 15) is 23.6 Å². The smallest absolute Gasteiger partial charge is 0.330 e. The molecule has 0 unspecified atom stereocenters. The molecule has 1 aliphatic heterocycles. The molecule has 32 heavy (non-hydrogen) atoms. The zero-order chi connectivity index (χ0) is 23.4. The maximum absolute atomic E-state index is 14.2. The number of aromatic amines is 1. The molecule has 2 aromatic rings. The van der Waals surface area contributed by atoms with Gasteiger partial charge >= 0.3 is 5.69 Å². The number of carbonyl (C=O) groups excluding carboxylic acids is 2. The van der Waals surface area contributed by atoms with E-state index in [4.69, 9.17) is 5.73 Å². The highest BCUT2D eigenvalue weighted by molar-refractivity contribution is 6.05. The van der Waals surface area contributed by atoms with Crippen LogP contribution in [0.25, 0.3) is 0 Å². The number of nitrogen functional groups attached to an aromatic ring is 1. The summed E-state index contributed by atoms with van der Waals surface area (Å²) >= 11 is 0. The number of aromatic nitrogens is 2. The van der Waals surface area contributed by atoms with Gasteiger partial charge in [-0.05, 0) is 25.0 Å². The first kappa shape index (κ1) is 23.2. The van der Waals surface area contributed by atoms with E-state index in [1.54, 1.807) is 6.07 Å². The highest BCUT2D eigenvalue weighted by Crippen LogP contribution is 2.30. The Morgan fingerprint density at radius 3 is 2.59 bits per heavy atom. The number of nitrogens with one attached hydrogen (secondary N) is 1. The Morgan fingerprint density at radius 2 is 1.94 bits per heavy atom. The van der Waals surface area contributed by atoms with Crippen molar-refractivity contribution in [1.82, 2.24) is 9.55 Å². The molecular weight excluding hydrogens is 417 g/mol. The topological polar surface area (TPSA) is 121 Å². The number of hydrogen-bond donors (Lipinski definition) is 2. The summed E-state index contributed by atoms with van der Waals surface area (Å²) in [6.45, 7) is 4.28. The van der Waals surface area contributed by atoms with Crippen molar-refractivity contribution >= 4 is 29.0 Å². The Hall–Kier alpha value is -3.43. The first-order chi connectivity index (χ1) is 15.3. The number of nitrogens with two attached hydrogens (primary N) is 1. The summed E-state index contributed by atoms with van der Waals surface area (Å²) < 4.78 is 15.4. The standard InChI is InChI=1S/C22H28FN5O4/c1-3-5-11-26(18-19(24)27(10-4-2)22(32)25-20(18)30)21(31)14-12-17(29)28(13-14)16-9-7-6-8-15(16)23/h6-9,14H,3-5,10-13,24H2,1-2H3,(H,25,30,32)/t14-/m0/s1.